The fourth-order valence-electron chi connectivity index (χ4n) is 2.27. The van der Waals surface area contributed by atoms with Crippen LogP contribution < -0.4 is 11.1 Å². The van der Waals surface area contributed by atoms with Gasteiger partial charge in [0.2, 0.25) is 15.9 Å². The minimum absolute atomic E-state index is 0.128. The van der Waals surface area contributed by atoms with Gasteiger partial charge in [0.1, 0.15) is 4.90 Å². The first-order valence-corrected chi connectivity index (χ1v) is 7.90. The summed E-state index contributed by atoms with van der Waals surface area (Å²) in [6.45, 7) is 4.27. The smallest absolute Gasteiger partial charge is 0.245 e. The highest BCUT2D eigenvalue weighted by atomic mass is 32.2. The third kappa shape index (κ3) is 2.64. The van der Waals surface area contributed by atoms with Crippen LogP contribution in [0.25, 0.3) is 0 Å². The molecule has 1 aliphatic rings. The van der Waals surface area contributed by atoms with E-state index in [-0.39, 0.29) is 36.0 Å². The van der Waals surface area contributed by atoms with Gasteiger partial charge in [-0.25, -0.2) is 8.42 Å². The van der Waals surface area contributed by atoms with E-state index >= 15 is 0 Å². The molecule has 110 valence electrons. The second-order valence-electron chi connectivity index (χ2n) is 4.95. The molecule has 7 heteroatoms. The van der Waals surface area contributed by atoms with E-state index < -0.39 is 10.0 Å². The summed E-state index contributed by atoms with van der Waals surface area (Å²) >= 11 is 0. The number of nitrogens with two attached hydrogens (primary N) is 1. The maximum Gasteiger partial charge on any atom is 0.245 e. The van der Waals surface area contributed by atoms with E-state index in [4.69, 9.17) is 5.73 Å². The van der Waals surface area contributed by atoms with E-state index in [0.29, 0.717) is 12.1 Å². The number of benzene rings is 1. The Balaban J connectivity index is 2.45. The summed E-state index contributed by atoms with van der Waals surface area (Å²) in [4.78, 5) is 11.5. The molecule has 0 saturated carbocycles. The van der Waals surface area contributed by atoms with Crippen LogP contribution in [-0.4, -0.2) is 38.3 Å². The summed E-state index contributed by atoms with van der Waals surface area (Å²) in [5, 5.41) is 2.66. The lowest BCUT2D eigenvalue weighted by Gasteiger charge is -2.22. The average molecular weight is 297 g/mol. The van der Waals surface area contributed by atoms with Crippen molar-refractivity contribution in [3.8, 4) is 0 Å². The maximum absolute atomic E-state index is 12.7. The Hall–Kier alpha value is -1.60. The molecule has 0 aliphatic carbocycles. The number of anilines is 1. The van der Waals surface area contributed by atoms with E-state index in [1.165, 1.54) is 4.31 Å². The van der Waals surface area contributed by atoms with Crippen LogP contribution in [0.15, 0.2) is 17.0 Å². The molecule has 0 bridgehead atoms. The molecule has 0 unspecified atom stereocenters. The number of sulfonamides is 1. The summed E-state index contributed by atoms with van der Waals surface area (Å²) < 4.78 is 26.8. The number of carbonyl (C=O) groups excluding carboxylic acids is 1. The van der Waals surface area contributed by atoms with E-state index in [2.05, 4.69) is 5.32 Å². The molecule has 0 aromatic heterocycles. The molecule has 6 nitrogen and oxygen atoms in total. The largest absolute Gasteiger partial charge is 0.397 e. The number of aryl methyl sites for hydroxylation is 2. The van der Waals surface area contributed by atoms with Gasteiger partial charge in [-0.15, -0.1) is 0 Å². The third-order valence-corrected chi connectivity index (χ3v) is 5.58. The molecule has 20 heavy (non-hydrogen) atoms. The van der Waals surface area contributed by atoms with Crippen LogP contribution in [0.4, 0.5) is 5.69 Å². The molecule has 0 spiro atoms. The fraction of sp³-hybridized carbons (Fsp3) is 0.462. The van der Waals surface area contributed by atoms with Gasteiger partial charge < -0.3 is 11.1 Å². The Morgan fingerprint density at radius 2 is 1.85 bits per heavy atom. The van der Waals surface area contributed by atoms with Gasteiger partial charge in [0, 0.05) is 26.1 Å². The molecule has 1 heterocycles. The minimum atomic E-state index is -3.68. The first-order chi connectivity index (χ1) is 9.34. The van der Waals surface area contributed by atoms with Gasteiger partial charge >= 0.3 is 0 Å². The standard InChI is InChI=1S/C13H19N3O3S/c1-9-3-4-10(2)13(12(9)14)20(18,19)16-7-5-11(17)15-6-8-16/h3-4H,5-8,14H2,1-2H3,(H,15,17). The van der Waals surface area contributed by atoms with Crippen molar-refractivity contribution in [1.82, 2.24) is 9.62 Å². The van der Waals surface area contributed by atoms with Gasteiger partial charge in [-0.3, -0.25) is 4.79 Å². The highest BCUT2D eigenvalue weighted by molar-refractivity contribution is 7.89. The van der Waals surface area contributed by atoms with Gasteiger partial charge in [-0.2, -0.15) is 4.31 Å². The van der Waals surface area contributed by atoms with E-state index in [9.17, 15) is 13.2 Å². The van der Waals surface area contributed by atoms with Crippen molar-refractivity contribution in [2.24, 2.45) is 0 Å². The van der Waals surface area contributed by atoms with Crippen molar-refractivity contribution in [3.05, 3.63) is 23.3 Å². The maximum atomic E-state index is 12.7. The normalized spacial score (nSPS) is 17.6. The summed E-state index contributed by atoms with van der Waals surface area (Å²) in [6, 6.07) is 3.55. The predicted molar refractivity (Wildman–Crippen MR) is 76.7 cm³/mol. The zero-order chi connectivity index (χ0) is 14.9. The van der Waals surface area contributed by atoms with Crippen molar-refractivity contribution in [2.75, 3.05) is 25.4 Å². The fourth-order valence-corrected chi connectivity index (χ4v) is 4.10. The van der Waals surface area contributed by atoms with Gasteiger partial charge in [0.05, 0.1) is 5.69 Å². The highest BCUT2D eigenvalue weighted by Crippen LogP contribution is 2.28. The van der Waals surface area contributed by atoms with Crippen LogP contribution >= 0.6 is 0 Å². The van der Waals surface area contributed by atoms with Crippen molar-refractivity contribution < 1.29 is 13.2 Å². The zero-order valence-electron chi connectivity index (χ0n) is 11.6. The molecule has 1 aromatic rings. The summed E-state index contributed by atoms with van der Waals surface area (Å²) in [6.07, 6.45) is 0.171. The van der Waals surface area contributed by atoms with Crippen LogP contribution in [0.1, 0.15) is 17.5 Å². The molecule has 2 rings (SSSR count). The lowest BCUT2D eigenvalue weighted by Crippen LogP contribution is -2.35. The third-order valence-electron chi connectivity index (χ3n) is 3.48. The SMILES string of the molecule is Cc1ccc(C)c(S(=O)(=O)N2CCNC(=O)CC2)c1N. The number of nitrogens with zero attached hydrogens (tertiary/aromatic N) is 1. The van der Waals surface area contributed by atoms with Crippen LogP contribution in [0, 0.1) is 13.8 Å². The topological polar surface area (TPSA) is 92.5 Å². The Bertz CT molecular complexity index is 641. The Morgan fingerprint density at radius 1 is 1.20 bits per heavy atom. The molecular formula is C13H19N3O3S. The molecule has 1 saturated heterocycles. The number of rotatable bonds is 2. The molecule has 0 radical (unpaired) electrons. The number of hydrogen-bond acceptors (Lipinski definition) is 4. The first kappa shape index (κ1) is 14.8. The quantitative estimate of drug-likeness (QED) is 0.773. The Labute approximate surface area is 119 Å². The van der Waals surface area contributed by atoms with Crippen LogP contribution in [0.3, 0.4) is 0 Å². The van der Waals surface area contributed by atoms with E-state index in [1.54, 1.807) is 26.0 Å². The van der Waals surface area contributed by atoms with Crippen LogP contribution in [0.5, 0.6) is 0 Å². The van der Waals surface area contributed by atoms with Crippen molar-refractivity contribution in [3.63, 3.8) is 0 Å². The molecule has 1 aromatic carbocycles. The van der Waals surface area contributed by atoms with E-state index in [0.717, 1.165) is 5.56 Å². The molecule has 0 atom stereocenters. The number of nitrogens with one attached hydrogen (secondary N) is 1. The predicted octanol–water partition coefficient (Wildman–Crippen LogP) is 0.396. The van der Waals surface area contributed by atoms with Gasteiger partial charge in [-0.05, 0) is 25.0 Å². The summed E-state index contributed by atoms with van der Waals surface area (Å²) in [7, 11) is -3.68. The summed E-state index contributed by atoms with van der Waals surface area (Å²) in [5.41, 5.74) is 7.60. The second-order valence-corrected chi connectivity index (χ2v) is 6.82. The van der Waals surface area contributed by atoms with Gasteiger partial charge in [0.15, 0.2) is 0 Å². The highest BCUT2D eigenvalue weighted by Gasteiger charge is 2.30. The lowest BCUT2D eigenvalue weighted by molar-refractivity contribution is -0.120. The number of carbonyl (C=O) groups is 1. The number of nitrogen functional groups attached to an aromatic ring is 1. The van der Waals surface area contributed by atoms with Gasteiger partial charge in [0.25, 0.3) is 0 Å². The zero-order valence-corrected chi connectivity index (χ0v) is 12.5. The molecule has 1 amide bonds. The lowest BCUT2D eigenvalue weighted by atomic mass is 10.1. The van der Waals surface area contributed by atoms with E-state index in [1.807, 2.05) is 0 Å². The second kappa shape index (κ2) is 5.41. The first-order valence-electron chi connectivity index (χ1n) is 6.46. The molecule has 1 fully saturated rings. The Kier molecular flexibility index (Phi) is 4.01. The molecule has 3 N–H and O–H groups in total. The van der Waals surface area contributed by atoms with Crippen molar-refractivity contribution >= 4 is 21.6 Å². The minimum Gasteiger partial charge on any atom is -0.397 e. The van der Waals surface area contributed by atoms with Crippen LogP contribution in [-0.2, 0) is 14.8 Å². The monoisotopic (exact) mass is 297 g/mol. The summed E-state index contributed by atoms with van der Waals surface area (Å²) in [5.74, 6) is -0.128. The Morgan fingerprint density at radius 3 is 2.55 bits per heavy atom. The number of amides is 1. The van der Waals surface area contributed by atoms with Gasteiger partial charge in [-0.1, -0.05) is 12.1 Å². The average Bonchev–Trinajstić information content (AvgIpc) is 2.59. The van der Waals surface area contributed by atoms with Crippen LogP contribution in [0.2, 0.25) is 0 Å². The molecular weight excluding hydrogens is 278 g/mol. The van der Waals surface area contributed by atoms with Crippen molar-refractivity contribution in [1.29, 1.82) is 0 Å². The number of hydrogen-bond donors (Lipinski definition) is 2. The van der Waals surface area contributed by atoms with Crippen molar-refractivity contribution in [2.45, 2.75) is 25.2 Å². The molecule has 1 aliphatic heterocycles.